The zero-order chi connectivity index (χ0) is 18.5. The maximum atomic E-state index is 12.3. The van der Waals surface area contributed by atoms with Crippen LogP contribution in [0.25, 0.3) is 5.69 Å². The van der Waals surface area contributed by atoms with Gasteiger partial charge in [-0.2, -0.15) is 0 Å². The number of nitrogens with one attached hydrogen (secondary N) is 1. The van der Waals surface area contributed by atoms with E-state index in [2.05, 4.69) is 15.5 Å². The van der Waals surface area contributed by atoms with Gasteiger partial charge >= 0.3 is 0 Å². The molecule has 3 rings (SSSR count). The number of carbonyl (C=O) groups excluding carboxylic acids is 1. The molecule has 6 nitrogen and oxygen atoms in total. The molecule has 0 aliphatic carbocycles. The van der Waals surface area contributed by atoms with E-state index < -0.39 is 0 Å². The smallest absolute Gasteiger partial charge is 0.234 e. The number of hydrogen-bond donors (Lipinski definition) is 1. The minimum atomic E-state index is -0.111. The Morgan fingerprint density at radius 3 is 2.73 bits per heavy atom. The predicted molar refractivity (Wildman–Crippen MR) is 103 cm³/mol. The van der Waals surface area contributed by atoms with Crippen LogP contribution in [0.2, 0.25) is 0 Å². The van der Waals surface area contributed by atoms with Gasteiger partial charge in [0, 0.05) is 11.8 Å². The second-order valence-corrected chi connectivity index (χ2v) is 6.66. The van der Waals surface area contributed by atoms with Gasteiger partial charge in [0.15, 0.2) is 5.16 Å². The third kappa shape index (κ3) is 4.05. The minimum absolute atomic E-state index is 0.111. The summed E-state index contributed by atoms with van der Waals surface area (Å²) in [6, 6.07) is 15.3. The van der Waals surface area contributed by atoms with Crippen molar-refractivity contribution in [3.05, 3.63) is 59.9 Å². The molecule has 7 heteroatoms. The van der Waals surface area contributed by atoms with E-state index in [0.29, 0.717) is 16.6 Å². The topological polar surface area (TPSA) is 69.0 Å². The Hall–Kier alpha value is -2.80. The molecule has 1 amide bonds. The van der Waals surface area contributed by atoms with Crippen molar-refractivity contribution in [3.63, 3.8) is 0 Å². The Morgan fingerprint density at radius 2 is 1.96 bits per heavy atom. The van der Waals surface area contributed by atoms with E-state index in [1.807, 2.05) is 60.9 Å². The Morgan fingerprint density at radius 1 is 1.15 bits per heavy atom. The van der Waals surface area contributed by atoms with Crippen LogP contribution in [0, 0.1) is 13.8 Å². The first-order chi connectivity index (χ1) is 12.6. The van der Waals surface area contributed by atoms with Crippen molar-refractivity contribution in [1.82, 2.24) is 14.8 Å². The first-order valence-corrected chi connectivity index (χ1v) is 9.12. The lowest BCUT2D eigenvalue weighted by Gasteiger charge is -2.11. The van der Waals surface area contributed by atoms with Crippen LogP contribution < -0.4 is 10.1 Å². The van der Waals surface area contributed by atoms with Crippen LogP contribution in [0.3, 0.4) is 0 Å². The van der Waals surface area contributed by atoms with Gasteiger partial charge in [-0.15, -0.1) is 10.2 Å². The van der Waals surface area contributed by atoms with Crippen LogP contribution in [-0.4, -0.2) is 33.5 Å². The normalized spacial score (nSPS) is 10.6. The third-order valence-electron chi connectivity index (χ3n) is 3.84. The summed E-state index contributed by atoms with van der Waals surface area (Å²) in [6.07, 6.45) is 0. The van der Waals surface area contributed by atoms with E-state index in [1.54, 1.807) is 13.2 Å². The van der Waals surface area contributed by atoms with Gasteiger partial charge in [0.25, 0.3) is 0 Å². The first-order valence-electron chi connectivity index (χ1n) is 8.13. The molecule has 1 heterocycles. The number of thioether (sulfide) groups is 1. The zero-order valence-corrected chi connectivity index (χ0v) is 15.7. The number of methoxy groups -OCH3 is 1. The summed E-state index contributed by atoms with van der Waals surface area (Å²) in [5, 5.41) is 11.9. The lowest BCUT2D eigenvalue weighted by atomic mass is 10.2. The minimum Gasteiger partial charge on any atom is -0.497 e. The van der Waals surface area contributed by atoms with Gasteiger partial charge in [0.05, 0.1) is 18.6 Å². The highest BCUT2D eigenvalue weighted by Gasteiger charge is 2.14. The van der Waals surface area contributed by atoms with E-state index in [4.69, 9.17) is 4.74 Å². The van der Waals surface area contributed by atoms with Crippen molar-refractivity contribution in [1.29, 1.82) is 0 Å². The van der Waals surface area contributed by atoms with Gasteiger partial charge in [-0.05, 0) is 37.6 Å². The van der Waals surface area contributed by atoms with Gasteiger partial charge in [0.2, 0.25) is 5.91 Å². The summed E-state index contributed by atoms with van der Waals surface area (Å²) in [5.74, 6) is 1.61. The van der Waals surface area contributed by atoms with Gasteiger partial charge in [0.1, 0.15) is 11.6 Å². The second-order valence-electron chi connectivity index (χ2n) is 5.72. The first kappa shape index (κ1) is 18.0. The standard InChI is InChI=1S/C19H20N4O2S/c1-13-7-4-5-10-17(13)23-14(2)21-22-19(23)26-12-18(24)20-15-8-6-9-16(11-15)25-3/h4-11H,12H2,1-3H3,(H,20,24). The SMILES string of the molecule is COc1cccc(NC(=O)CSc2nnc(C)n2-c2ccccc2C)c1. The summed E-state index contributed by atoms with van der Waals surface area (Å²) >= 11 is 1.35. The maximum Gasteiger partial charge on any atom is 0.234 e. The number of hydrogen-bond acceptors (Lipinski definition) is 5. The van der Waals surface area contributed by atoms with Crippen molar-refractivity contribution in [2.45, 2.75) is 19.0 Å². The van der Waals surface area contributed by atoms with E-state index in [-0.39, 0.29) is 11.7 Å². The number of amides is 1. The Labute approximate surface area is 156 Å². The molecule has 0 saturated heterocycles. The van der Waals surface area contributed by atoms with Crippen molar-refractivity contribution >= 4 is 23.4 Å². The molecule has 0 aliphatic heterocycles. The Bertz CT molecular complexity index is 923. The lowest BCUT2D eigenvalue weighted by Crippen LogP contribution is -2.14. The summed E-state index contributed by atoms with van der Waals surface area (Å²) in [7, 11) is 1.59. The van der Waals surface area contributed by atoms with Gasteiger partial charge < -0.3 is 10.1 Å². The number of benzene rings is 2. The van der Waals surface area contributed by atoms with Crippen molar-refractivity contribution in [3.8, 4) is 11.4 Å². The highest BCUT2D eigenvalue weighted by atomic mass is 32.2. The molecule has 0 atom stereocenters. The molecule has 3 aromatic rings. The largest absolute Gasteiger partial charge is 0.497 e. The number of rotatable bonds is 6. The highest BCUT2D eigenvalue weighted by molar-refractivity contribution is 7.99. The molecule has 134 valence electrons. The molecule has 0 saturated carbocycles. The summed E-state index contributed by atoms with van der Waals surface area (Å²) in [4.78, 5) is 12.3. The molecular weight excluding hydrogens is 348 g/mol. The zero-order valence-electron chi connectivity index (χ0n) is 14.9. The number of aryl methyl sites for hydroxylation is 2. The number of ether oxygens (including phenoxy) is 1. The van der Waals surface area contributed by atoms with Gasteiger partial charge in [-0.1, -0.05) is 36.0 Å². The fraction of sp³-hybridized carbons (Fsp3) is 0.211. The third-order valence-corrected chi connectivity index (χ3v) is 4.77. The van der Waals surface area contributed by atoms with Crippen molar-refractivity contribution in [2.24, 2.45) is 0 Å². The fourth-order valence-corrected chi connectivity index (χ4v) is 3.35. The maximum absolute atomic E-state index is 12.3. The summed E-state index contributed by atoms with van der Waals surface area (Å²) in [5.41, 5.74) is 2.84. The number of anilines is 1. The van der Waals surface area contributed by atoms with Crippen LogP contribution in [0.5, 0.6) is 5.75 Å². The van der Waals surface area contributed by atoms with Crippen molar-refractivity contribution < 1.29 is 9.53 Å². The monoisotopic (exact) mass is 368 g/mol. The number of nitrogens with zero attached hydrogens (tertiary/aromatic N) is 3. The lowest BCUT2D eigenvalue weighted by molar-refractivity contribution is -0.113. The number of carbonyl (C=O) groups is 1. The molecule has 1 aromatic heterocycles. The Kier molecular flexibility index (Phi) is 5.58. The molecular formula is C19H20N4O2S. The van der Waals surface area contributed by atoms with Gasteiger partial charge in [-0.3, -0.25) is 9.36 Å². The fourth-order valence-electron chi connectivity index (χ4n) is 2.56. The second kappa shape index (κ2) is 8.05. The number of aromatic nitrogens is 3. The van der Waals surface area contributed by atoms with E-state index in [9.17, 15) is 4.79 Å². The summed E-state index contributed by atoms with van der Waals surface area (Å²) < 4.78 is 7.14. The van der Waals surface area contributed by atoms with Crippen molar-refractivity contribution in [2.75, 3.05) is 18.2 Å². The average Bonchev–Trinajstić information content (AvgIpc) is 3.01. The molecule has 0 fully saturated rings. The molecule has 2 aromatic carbocycles. The van der Waals surface area contributed by atoms with Gasteiger partial charge in [-0.25, -0.2) is 0 Å². The highest BCUT2D eigenvalue weighted by Crippen LogP contribution is 2.24. The molecule has 0 spiro atoms. The predicted octanol–water partition coefficient (Wildman–Crippen LogP) is 3.62. The molecule has 0 bridgehead atoms. The van der Waals surface area contributed by atoms with E-state index in [1.165, 1.54) is 11.8 Å². The van der Waals surface area contributed by atoms with Crippen LogP contribution in [-0.2, 0) is 4.79 Å². The average molecular weight is 368 g/mol. The molecule has 0 aliphatic rings. The number of para-hydroxylation sites is 1. The molecule has 26 heavy (non-hydrogen) atoms. The Balaban J connectivity index is 1.70. The quantitative estimate of drug-likeness (QED) is 0.673. The van der Waals surface area contributed by atoms with E-state index >= 15 is 0 Å². The molecule has 0 radical (unpaired) electrons. The van der Waals surface area contributed by atoms with E-state index in [0.717, 1.165) is 17.1 Å². The van der Waals surface area contributed by atoms with Crippen LogP contribution in [0.1, 0.15) is 11.4 Å². The summed E-state index contributed by atoms with van der Waals surface area (Å²) in [6.45, 7) is 3.94. The van der Waals surface area contributed by atoms with Crippen LogP contribution in [0.4, 0.5) is 5.69 Å². The molecule has 0 unspecified atom stereocenters. The van der Waals surface area contributed by atoms with Crippen LogP contribution >= 0.6 is 11.8 Å². The molecule has 1 N–H and O–H groups in total. The van der Waals surface area contributed by atoms with Crippen LogP contribution in [0.15, 0.2) is 53.7 Å².